The predicted molar refractivity (Wildman–Crippen MR) is 122 cm³/mol. The zero-order valence-electron chi connectivity index (χ0n) is 17.8. The van der Waals surface area contributed by atoms with E-state index in [1.54, 1.807) is 23.1 Å². The Bertz CT molecular complexity index is 888. The van der Waals surface area contributed by atoms with Crippen LogP contribution in [0, 0.1) is 0 Å². The Kier molecular flexibility index (Phi) is 9.58. The number of allylic oxidation sites excluding steroid dienone is 1. The molecule has 0 aliphatic carbocycles. The molecule has 2 aromatic rings. The fraction of sp³-hybridized carbons (Fsp3) is 0.375. The summed E-state index contributed by atoms with van der Waals surface area (Å²) in [5.41, 5.74) is 1.87. The maximum absolute atomic E-state index is 12.9. The summed E-state index contributed by atoms with van der Waals surface area (Å²) in [5.74, 6) is 0.881. The average molecular weight is 409 g/mol. The van der Waals surface area contributed by atoms with Gasteiger partial charge >= 0.3 is 0 Å². The van der Waals surface area contributed by atoms with E-state index in [-0.39, 0.29) is 18.4 Å². The highest BCUT2D eigenvalue weighted by atomic mass is 16.2. The highest BCUT2D eigenvalue weighted by molar-refractivity contribution is 5.87. The van der Waals surface area contributed by atoms with Crippen LogP contribution in [0.4, 0.5) is 0 Å². The Morgan fingerprint density at radius 3 is 2.57 bits per heavy atom. The number of hydrogen-bond donors (Lipinski definition) is 1. The van der Waals surface area contributed by atoms with Crippen LogP contribution in [-0.2, 0) is 22.6 Å². The van der Waals surface area contributed by atoms with E-state index in [1.165, 1.54) is 6.08 Å². The first-order valence-corrected chi connectivity index (χ1v) is 10.4. The van der Waals surface area contributed by atoms with Crippen LogP contribution in [0.5, 0.6) is 0 Å². The lowest BCUT2D eigenvalue weighted by Crippen LogP contribution is -2.34. The van der Waals surface area contributed by atoms with Crippen molar-refractivity contribution in [3.05, 3.63) is 67.6 Å². The molecule has 0 bridgehead atoms. The lowest BCUT2D eigenvalue weighted by atomic mass is 10.2. The van der Waals surface area contributed by atoms with Gasteiger partial charge in [0.1, 0.15) is 12.4 Å². The van der Waals surface area contributed by atoms with Crippen LogP contribution < -0.4 is 5.32 Å². The molecule has 0 aliphatic heterocycles. The highest BCUT2D eigenvalue weighted by Gasteiger charge is 2.16. The summed E-state index contributed by atoms with van der Waals surface area (Å²) in [6, 6.07) is 7.90. The number of unbranched alkanes of at least 4 members (excludes halogenated alkanes) is 2. The minimum atomic E-state index is -0.0543. The quantitative estimate of drug-likeness (QED) is 0.313. The summed E-state index contributed by atoms with van der Waals surface area (Å²) >= 11 is 0. The van der Waals surface area contributed by atoms with E-state index in [4.69, 9.17) is 4.98 Å². The molecule has 0 radical (unpaired) electrons. The Morgan fingerprint density at radius 1 is 1.13 bits per heavy atom. The van der Waals surface area contributed by atoms with Crippen molar-refractivity contribution in [2.24, 2.45) is 0 Å². The van der Waals surface area contributed by atoms with Crippen LogP contribution in [0.15, 0.2) is 61.7 Å². The molecular formula is C24H32N4O2. The number of imidazole rings is 1. The lowest BCUT2D eigenvalue weighted by Gasteiger charge is -2.20. The van der Waals surface area contributed by atoms with Crippen molar-refractivity contribution in [1.82, 2.24) is 19.8 Å². The van der Waals surface area contributed by atoms with Crippen LogP contribution in [0.25, 0.3) is 11.0 Å². The first kappa shape index (κ1) is 23.1. The molecule has 0 saturated heterocycles. The summed E-state index contributed by atoms with van der Waals surface area (Å²) in [4.78, 5) is 30.8. The highest BCUT2D eigenvalue weighted by Crippen LogP contribution is 2.18. The topological polar surface area (TPSA) is 67.2 Å². The molecule has 1 heterocycles. The molecule has 2 rings (SSSR count). The van der Waals surface area contributed by atoms with Crippen LogP contribution in [0.3, 0.4) is 0 Å². The van der Waals surface area contributed by atoms with E-state index in [1.807, 2.05) is 35.8 Å². The van der Waals surface area contributed by atoms with Gasteiger partial charge in [-0.2, -0.15) is 0 Å². The predicted octanol–water partition coefficient (Wildman–Crippen LogP) is 3.64. The zero-order chi connectivity index (χ0) is 21.8. The fourth-order valence-electron chi connectivity index (χ4n) is 3.32. The molecule has 6 nitrogen and oxygen atoms in total. The van der Waals surface area contributed by atoms with Crippen molar-refractivity contribution in [2.45, 2.75) is 39.2 Å². The molecule has 0 saturated carbocycles. The molecule has 1 aromatic carbocycles. The van der Waals surface area contributed by atoms with Gasteiger partial charge in [-0.25, -0.2) is 4.98 Å². The maximum atomic E-state index is 12.9. The van der Waals surface area contributed by atoms with Crippen molar-refractivity contribution in [2.75, 3.05) is 19.6 Å². The molecule has 1 aromatic heterocycles. The van der Waals surface area contributed by atoms with Gasteiger partial charge in [0.2, 0.25) is 11.8 Å². The molecule has 0 aliphatic rings. The monoisotopic (exact) mass is 408 g/mol. The SMILES string of the molecule is C=CCN(CC=C)C(=O)Cn1c(CCCCCNC(=O)/C=C/C)nc2ccccc21. The van der Waals surface area contributed by atoms with Crippen molar-refractivity contribution < 1.29 is 9.59 Å². The number of rotatable bonds is 13. The summed E-state index contributed by atoms with van der Waals surface area (Å²) in [5, 5.41) is 2.86. The molecule has 0 unspecified atom stereocenters. The van der Waals surface area contributed by atoms with E-state index in [9.17, 15) is 9.59 Å². The molecule has 1 N–H and O–H groups in total. The Morgan fingerprint density at radius 2 is 1.87 bits per heavy atom. The average Bonchev–Trinajstić information content (AvgIpc) is 3.08. The van der Waals surface area contributed by atoms with Gasteiger partial charge in [-0.05, 0) is 38.0 Å². The van der Waals surface area contributed by atoms with Crippen LogP contribution in [-0.4, -0.2) is 45.9 Å². The lowest BCUT2D eigenvalue weighted by molar-refractivity contribution is -0.130. The number of amides is 2. The van der Waals surface area contributed by atoms with Crippen molar-refractivity contribution in [1.29, 1.82) is 0 Å². The molecular weight excluding hydrogens is 376 g/mol. The second-order valence-electron chi connectivity index (χ2n) is 7.08. The summed E-state index contributed by atoms with van der Waals surface area (Å²) in [7, 11) is 0. The van der Waals surface area contributed by atoms with Crippen molar-refractivity contribution in [3.8, 4) is 0 Å². The number of nitrogens with zero attached hydrogens (tertiary/aromatic N) is 3. The fourth-order valence-corrected chi connectivity index (χ4v) is 3.32. The number of carbonyl (C=O) groups excluding carboxylic acids is 2. The molecule has 0 fully saturated rings. The normalized spacial score (nSPS) is 11.0. The standard InChI is InChI=1S/C24H32N4O2/c1-4-12-23(29)25-16-11-7-8-15-22-26-20-13-9-10-14-21(20)28(22)19-24(30)27(17-5-2)18-6-3/h4-6,9-10,12-14H,2-3,7-8,11,15-19H2,1H3,(H,25,29)/b12-4+. The summed E-state index contributed by atoms with van der Waals surface area (Å²) < 4.78 is 2.02. The number of benzene rings is 1. The van der Waals surface area contributed by atoms with E-state index >= 15 is 0 Å². The number of fused-ring (bicyclic) bond motifs is 1. The Labute approximate surface area is 179 Å². The molecule has 0 spiro atoms. The van der Waals surface area contributed by atoms with Gasteiger partial charge < -0.3 is 14.8 Å². The Hall–Kier alpha value is -3.15. The summed E-state index contributed by atoms with van der Waals surface area (Å²) in [6.45, 7) is 11.2. The van der Waals surface area contributed by atoms with Gasteiger partial charge in [0.25, 0.3) is 0 Å². The van der Waals surface area contributed by atoms with Crippen molar-refractivity contribution in [3.63, 3.8) is 0 Å². The first-order valence-electron chi connectivity index (χ1n) is 10.4. The van der Waals surface area contributed by atoms with E-state index < -0.39 is 0 Å². The number of carbonyl (C=O) groups is 2. The van der Waals surface area contributed by atoms with Gasteiger partial charge in [-0.3, -0.25) is 9.59 Å². The van der Waals surface area contributed by atoms with Gasteiger partial charge in [-0.1, -0.05) is 36.8 Å². The third-order valence-corrected chi connectivity index (χ3v) is 4.77. The van der Waals surface area contributed by atoms with Gasteiger partial charge in [0, 0.05) is 26.1 Å². The van der Waals surface area contributed by atoms with Gasteiger partial charge in [-0.15, -0.1) is 13.2 Å². The van der Waals surface area contributed by atoms with E-state index in [0.717, 1.165) is 42.5 Å². The molecule has 2 amide bonds. The largest absolute Gasteiger partial charge is 0.353 e. The van der Waals surface area contributed by atoms with E-state index in [2.05, 4.69) is 18.5 Å². The maximum Gasteiger partial charge on any atom is 0.243 e. The first-order chi connectivity index (χ1) is 14.6. The molecule has 160 valence electrons. The zero-order valence-corrected chi connectivity index (χ0v) is 17.8. The summed E-state index contributed by atoms with van der Waals surface area (Å²) in [6.07, 6.45) is 10.3. The second kappa shape index (κ2) is 12.4. The molecule has 30 heavy (non-hydrogen) atoms. The number of nitrogens with one attached hydrogen (secondary N) is 1. The third kappa shape index (κ3) is 6.72. The second-order valence-corrected chi connectivity index (χ2v) is 7.08. The van der Waals surface area contributed by atoms with E-state index in [0.29, 0.717) is 19.6 Å². The smallest absolute Gasteiger partial charge is 0.243 e. The minimum absolute atomic E-state index is 0.0193. The number of hydrogen-bond acceptors (Lipinski definition) is 3. The third-order valence-electron chi connectivity index (χ3n) is 4.77. The van der Waals surface area contributed by atoms with Gasteiger partial charge in [0.15, 0.2) is 0 Å². The van der Waals surface area contributed by atoms with Crippen LogP contribution in [0.1, 0.15) is 32.0 Å². The minimum Gasteiger partial charge on any atom is -0.353 e. The van der Waals surface area contributed by atoms with Gasteiger partial charge in [0.05, 0.1) is 11.0 Å². The number of aryl methyl sites for hydroxylation is 1. The molecule has 6 heteroatoms. The number of aromatic nitrogens is 2. The number of para-hydroxylation sites is 2. The Balaban J connectivity index is 2.02. The van der Waals surface area contributed by atoms with Crippen LogP contribution in [0.2, 0.25) is 0 Å². The van der Waals surface area contributed by atoms with Crippen molar-refractivity contribution >= 4 is 22.8 Å². The molecule has 0 atom stereocenters. The van der Waals surface area contributed by atoms with Crippen LogP contribution >= 0.6 is 0 Å².